The molecule has 3 aromatic heterocycles. The summed E-state index contributed by atoms with van der Waals surface area (Å²) in [6.45, 7) is 3.97. The Hall–Kier alpha value is -2.50. The van der Waals surface area contributed by atoms with E-state index in [2.05, 4.69) is 32.5 Å². The van der Waals surface area contributed by atoms with Crippen LogP contribution in [0.5, 0.6) is 0 Å². The van der Waals surface area contributed by atoms with Crippen LogP contribution in [0.1, 0.15) is 47.7 Å². The number of anilines is 1. The van der Waals surface area contributed by atoms with Crippen LogP contribution in [0.25, 0.3) is 5.65 Å². The van der Waals surface area contributed by atoms with Gasteiger partial charge in [-0.25, -0.2) is 14.5 Å². The van der Waals surface area contributed by atoms with Gasteiger partial charge in [-0.05, 0) is 57.6 Å². The Morgan fingerprint density at radius 3 is 2.80 bits per heavy atom. The second kappa shape index (κ2) is 5.25. The van der Waals surface area contributed by atoms with E-state index in [4.69, 9.17) is 4.98 Å². The zero-order valence-electron chi connectivity index (χ0n) is 14.7. The van der Waals surface area contributed by atoms with Gasteiger partial charge >= 0.3 is 0 Å². The molecule has 0 saturated heterocycles. The van der Waals surface area contributed by atoms with E-state index in [-0.39, 0.29) is 0 Å². The monoisotopic (exact) mass is 334 g/mol. The molecule has 1 saturated carbocycles. The topological polar surface area (TPSA) is 68.0 Å². The number of pyridine rings is 1. The van der Waals surface area contributed by atoms with Crippen molar-refractivity contribution in [3.05, 3.63) is 46.8 Å². The van der Waals surface area contributed by atoms with Crippen LogP contribution in [0.4, 0.5) is 5.82 Å². The fourth-order valence-corrected chi connectivity index (χ4v) is 3.67. The number of aromatic nitrogens is 5. The Morgan fingerprint density at radius 2 is 2.00 bits per heavy atom. The molecule has 5 rings (SSSR count). The second-order valence-electron chi connectivity index (χ2n) is 7.46. The van der Waals surface area contributed by atoms with E-state index in [1.165, 1.54) is 24.8 Å². The highest BCUT2D eigenvalue weighted by molar-refractivity contribution is 5.52. The van der Waals surface area contributed by atoms with Crippen LogP contribution < -0.4 is 5.32 Å². The minimum atomic E-state index is 0.365. The van der Waals surface area contributed by atoms with Crippen molar-refractivity contribution < 1.29 is 0 Å². The van der Waals surface area contributed by atoms with Gasteiger partial charge in [0.05, 0.1) is 11.4 Å². The predicted molar refractivity (Wildman–Crippen MR) is 95.8 cm³/mol. The Balaban J connectivity index is 1.36. The van der Waals surface area contributed by atoms with Crippen molar-refractivity contribution in [1.82, 2.24) is 24.6 Å². The first-order valence-electron chi connectivity index (χ1n) is 9.07. The molecule has 6 nitrogen and oxygen atoms in total. The fraction of sp³-hybridized carbons (Fsp3) is 0.474. The van der Waals surface area contributed by atoms with Crippen molar-refractivity contribution in [2.75, 3.05) is 5.32 Å². The van der Waals surface area contributed by atoms with Crippen LogP contribution in [-0.2, 0) is 19.3 Å². The van der Waals surface area contributed by atoms with Crippen LogP contribution in [0.3, 0.4) is 0 Å². The summed E-state index contributed by atoms with van der Waals surface area (Å²) in [6.07, 6.45) is 8.45. The number of fused-ring (bicyclic) bond motifs is 2. The van der Waals surface area contributed by atoms with Gasteiger partial charge in [-0.15, -0.1) is 0 Å². The summed E-state index contributed by atoms with van der Waals surface area (Å²) < 4.78 is 1.89. The minimum Gasteiger partial charge on any atom is -0.364 e. The molecule has 0 radical (unpaired) electrons. The largest absolute Gasteiger partial charge is 0.364 e. The van der Waals surface area contributed by atoms with Gasteiger partial charge in [-0.2, -0.15) is 5.10 Å². The Bertz CT molecular complexity index is 930. The molecule has 4 heterocycles. The quantitative estimate of drug-likeness (QED) is 0.798. The minimum absolute atomic E-state index is 0.365. The van der Waals surface area contributed by atoms with E-state index in [0.717, 1.165) is 53.6 Å². The van der Waals surface area contributed by atoms with E-state index < -0.39 is 0 Å². The maximum atomic E-state index is 4.87. The van der Waals surface area contributed by atoms with Crippen LogP contribution in [0, 0.1) is 13.8 Å². The normalized spacial score (nSPS) is 17.5. The Morgan fingerprint density at radius 1 is 1.12 bits per heavy atom. The van der Waals surface area contributed by atoms with Gasteiger partial charge in [0.1, 0.15) is 5.82 Å². The van der Waals surface area contributed by atoms with E-state index in [1.54, 1.807) is 0 Å². The molecular weight excluding hydrogens is 312 g/mol. The lowest BCUT2D eigenvalue weighted by Gasteiger charge is -2.26. The summed E-state index contributed by atoms with van der Waals surface area (Å²) in [5.41, 5.74) is 5.59. The average Bonchev–Trinajstić information content (AvgIpc) is 3.20. The first-order chi connectivity index (χ1) is 12.1. The van der Waals surface area contributed by atoms with E-state index in [9.17, 15) is 0 Å². The highest BCUT2D eigenvalue weighted by atomic mass is 15.3. The van der Waals surface area contributed by atoms with Crippen molar-refractivity contribution in [2.45, 2.75) is 57.9 Å². The standard InChI is InChI=1S/C19H22N6/c1-12-11-20-13(2)18-22-16(24-25(12)18)6-5-15-4-3-14-7-8-19(9-10-19)23-17(14)21-15/h3-4,11H,5-10H2,1-2H3,(H,21,23). The Kier molecular flexibility index (Phi) is 3.11. The SMILES string of the molecule is Cc1ncc(C)n2nc(CCc3ccc4c(n3)NC3(CC4)CC3)nc12. The Labute approximate surface area is 146 Å². The first kappa shape index (κ1) is 14.8. The third kappa shape index (κ3) is 2.56. The maximum absolute atomic E-state index is 4.87. The number of hydrogen-bond donors (Lipinski definition) is 1. The smallest absolute Gasteiger partial charge is 0.177 e. The molecule has 0 amide bonds. The predicted octanol–water partition coefficient (Wildman–Crippen LogP) is 2.81. The molecule has 0 unspecified atom stereocenters. The van der Waals surface area contributed by atoms with Crippen molar-refractivity contribution in [2.24, 2.45) is 0 Å². The molecule has 2 aliphatic rings. The zero-order chi connectivity index (χ0) is 17.0. The number of nitrogens with zero attached hydrogens (tertiary/aromatic N) is 5. The molecule has 1 aliphatic heterocycles. The van der Waals surface area contributed by atoms with E-state index in [1.807, 2.05) is 24.6 Å². The molecule has 0 atom stereocenters. The van der Waals surface area contributed by atoms with Gasteiger partial charge in [0.25, 0.3) is 0 Å². The summed E-state index contributed by atoms with van der Waals surface area (Å²) in [6, 6.07) is 4.38. The second-order valence-corrected chi connectivity index (χ2v) is 7.46. The number of rotatable bonds is 3. The van der Waals surface area contributed by atoms with Crippen LogP contribution in [0.2, 0.25) is 0 Å². The summed E-state index contributed by atoms with van der Waals surface area (Å²) in [7, 11) is 0. The molecule has 1 spiro atoms. The molecule has 3 aromatic rings. The van der Waals surface area contributed by atoms with Gasteiger partial charge in [0.2, 0.25) is 0 Å². The van der Waals surface area contributed by atoms with Gasteiger partial charge in [-0.1, -0.05) is 6.07 Å². The third-order valence-corrected chi connectivity index (χ3v) is 5.50. The highest BCUT2D eigenvalue weighted by Crippen LogP contribution is 2.46. The molecular formula is C19H22N6. The molecule has 0 bridgehead atoms. The lowest BCUT2D eigenvalue weighted by Crippen LogP contribution is -2.28. The van der Waals surface area contributed by atoms with Crippen molar-refractivity contribution in [1.29, 1.82) is 0 Å². The summed E-state index contributed by atoms with van der Waals surface area (Å²) in [5, 5.41) is 8.30. The van der Waals surface area contributed by atoms with Crippen LogP contribution >= 0.6 is 0 Å². The van der Waals surface area contributed by atoms with E-state index in [0.29, 0.717) is 5.54 Å². The summed E-state index contributed by atoms with van der Waals surface area (Å²) in [5.74, 6) is 1.95. The average molecular weight is 334 g/mol. The molecule has 0 aromatic carbocycles. The van der Waals surface area contributed by atoms with Crippen molar-refractivity contribution in [3.63, 3.8) is 0 Å². The molecule has 1 fully saturated rings. The summed E-state index contributed by atoms with van der Waals surface area (Å²) >= 11 is 0. The molecule has 25 heavy (non-hydrogen) atoms. The van der Waals surface area contributed by atoms with Crippen LogP contribution in [0.15, 0.2) is 18.3 Å². The molecule has 1 aliphatic carbocycles. The lowest BCUT2D eigenvalue weighted by molar-refractivity contribution is 0.621. The summed E-state index contributed by atoms with van der Waals surface area (Å²) in [4.78, 5) is 13.9. The van der Waals surface area contributed by atoms with Crippen molar-refractivity contribution in [3.8, 4) is 0 Å². The molecule has 1 N–H and O–H groups in total. The van der Waals surface area contributed by atoms with Crippen LogP contribution in [-0.4, -0.2) is 30.1 Å². The number of hydrogen-bond acceptors (Lipinski definition) is 5. The first-order valence-corrected chi connectivity index (χ1v) is 9.07. The highest BCUT2D eigenvalue weighted by Gasteiger charge is 2.44. The van der Waals surface area contributed by atoms with Crippen molar-refractivity contribution >= 4 is 11.5 Å². The van der Waals surface area contributed by atoms with E-state index >= 15 is 0 Å². The van der Waals surface area contributed by atoms with Gasteiger partial charge in [0, 0.05) is 23.9 Å². The number of aryl methyl sites for hydroxylation is 5. The van der Waals surface area contributed by atoms with Gasteiger partial charge in [0.15, 0.2) is 11.5 Å². The van der Waals surface area contributed by atoms with Gasteiger partial charge < -0.3 is 5.32 Å². The molecule has 128 valence electrons. The van der Waals surface area contributed by atoms with Gasteiger partial charge in [-0.3, -0.25) is 4.98 Å². The lowest BCUT2D eigenvalue weighted by atomic mass is 9.98. The molecule has 6 heteroatoms. The number of nitrogens with one attached hydrogen (secondary N) is 1. The maximum Gasteiger partial charge on any atom is 0.177 e. The fourth-order valence-electron chi connectivity index (χ4n) is 3.67. The zero-order valence-corrected chi connectivity index (χ0v) is 14.7. The third-order valence-electron chi connectivity index (χ3n) is 5.50.